The molecule has 3 aromatic rings. The van der Waals surface area contributed by atoms with Gasteiger partial charge in [0.25, 0.3) is 0 Å². The highest BCUT2D eigenvalue weighted by atomic mass is 19.1. The molecule has 1 aliphatic heterocycles. The molecule has 1 N–H and O–H groups in total. The predicted octanol–water partition coefficient (Wildman–Crippen LogP) is 2.75. The summed E-state index contributed by atoms with van der Waals surface area (Å²) in [5.74, 6) is 1.18. The van der Waals surface area contributed by atoms with Crippen molar-refractivity contribution < 1.29 is 4.39 Å². The number of anilines is 1. The maximum absolute atomic E-state index is 13.3. The zero-order valence-electron chi connectivity index (χ0n) is 13.7. The zero-order chi connectivity index (χ0) is 17.1. The van der Waals surface area contributed by atoms with Gasteiger partial charge in [-0.3, -0.25) is 4.98 Å². The van der Waals surface area contributed by atoms with Crippen LogP contribution in [0.5, 0.6) is 0 Å². The number of nitrogens with zero attached hydrogens (tertiary/aromatic N) is 4. The SMILES string of the molecule is Fc1ccc(-c2nc(-c3ccccn3)cc(N3CCNCC3)n2)cc1. The number of aromatic nitrogens is 3. The molecule has 2 aromatic heterocycles. The number of nitrogens with one attached hydrogen (secondary N) is 1. The van der Waals surface area contributed by atoms with Crippen LogP contribution in [0.3, 0.4) is 0 Å². The van der Waals surface area contributed by atoms with E-state index < -0.39 is 0 Å². The van der Waals surface area contributed by atoms with Crippen LogP contribution in [0.25, 0.3) is 22.8 Å². The molecule has 0 aliphatic carbocycles. The summed E-state index contributed by atoms with van der Waals surface area (Å²) in [6.07, 6.45) is 1.75. The smallest absolute Gasteiger partial charge is 0.162 e. The van der Waals surface area contributed by atoms with Crippen LogP contribution in [0, 0.1) is 5.82 Å². The Morgan fingerprint density at radius 3 is 2.44 bits per heavy atom. The van der Waals surface area contributed by atoms with E-state index in [1.54, 1.807) is 18.3 Å². The minimum absolute atomic E-state index is 0.271. The third-order valence-corrected chi connectivity index (χ3v) is 4.18. The quantitative estimate of drug-likeness (QED) is 0.798. The summed E-state index contributed by atoms with van der Waals surface area (Å²) in [4.78, 5) is 16.0. The van der Waals surface area contributed by atoms with Gasteiger partial charge < -0.3 is 10.2 Å². The van der Waals surface area contributed by atoms with Gasteiger partial charge in [-0.25, -0.2) is 14.4 Å². The number of rotatable bonds is 3. The normalized spacial score (nSPS) is 14.5. The van der Waals surface area contributed by atoms with Crippen molar-refractivity contribution in [3.8, 4) is 22.8 Å². The lowest BCUT2D eigenvalue weighted by Crippen LogP contribution is -2.44. The van der Waals surface area contributed by atoms with E-state index in [9.17, 15) is 4.39 Å². The van der Waals surface area contributed by atoms with Gasteiger partial charge in [0.1, 0.15) is 11.6 Å². The Balaban J connectivity index is 1.81. The second-order valence-electron chi connectivity index (χ2n) is 5.89. The first-order valence-electron chi connectivity index (χ1n) is 8.32. The van der Waals surface area contributed by atoms with E-state index in [4.69, 9.17) is 4.98 Å². The van der Waals surface area contributed by atoms with Crippen molar-refractivity contribution in [3.05, 3.63) is 60.5 Å². The molecule has 1 saturated heterocycles. The molecule has 6 heteroatoms. The molecule has 3 heterocycles. The Kier molecular flexibility index (Phi) is 4.35. The minimum atomic E-state index is -0.271. The summed E-state index contributed by atoms with van der Waals surface area (Å²) in [7, 11) is 0. The standard InChI is InChI=1S/C19H18FN5/c20-15-6-4-14(5-7-15)19-23-17(16-3-1-2-8-22-16)13-18(24-19)25-11-9-21-10-12-25/h1-8,13,21H,9-12H2. The van der Waals surface area contributed by atoms with E-state index >= 15 is 0 Å². The lowest BCUT2D eigenvalue weighted by molar-refractivity contribution is 0.585. The number of benzene rings is 1. The number of piperazine rings is 1. The fourth-order valence-electron chi connectivity index (χ4n) is 2.86. The zero-order valence-corrected chi connectivity index (χ0v) is 13.7. The summed E-state index contributed by atoms with van der Waals surface area (Å²) in [5.41, 5.74) is 2.35. The molecule has 1 fully saturated rings. The first kappa shape index (κ1) is 15.7. The van der Waals surface area contributed by atoms with Crippen molar-refractivity contribution in [3.63, 3.8) is 0 Å². The van der Waals surface area contributed by atoms with Gasteiger partial charge in [0.15, 0.2) is 5.82 Å². The van der Waals surface area contributed by atoms with E-state index in [0.717, 1.165) is 48.9 Å². The van der Waals surface area contributed by atoms with Crippen LogP contribution in [-0.2, 0) is 0 Å². The van der Waals surface area contributed by atoms with Crippen LogP contribution in [0.15, 0.2) is 54.7 Å². The topological polar surface area (TPSA) is 53.9 Å². The van der Waals surface area contributed by atoms with Crippen LogP contribution >= 0.6 is 0 Å². The molecule has 0 amide bonds. The molecule has 0 spiro atoms. The second-order valence-corrected chi connectivity index (χ2v) is 5.89. The summed E-state index contributed by atoms with van der Waals surface area (Å²) >= 11 is 0. The van der Waals surface area contributed by atoms with Gasteiger partial charge in [-0.2, -0.15) is 0 Å². The third kappa shape index (κ3) is 3.49. The maximum atomic E-state index is 13.3. The Morgan fingerprint density at radius 2 is 1.72 bits per heavy atom. The van der Waals surface area contributed by atoms with E-state index in [2.05, 4.69) is 20.2 Å². The minimum Gasteiger partial charge on any atom is -0.354 e. The van der Waals surface area contributed by atoms with Gasteiger partial charge in [-0.05, 0) is 36.4 Å². The molecule has 0 unspecified atom stereocenters. The predicted molar refractivity (Wildman–Crippen MR) is 95.7 cm³/mol. The van der Waals surface area contributed by atoms with Crippen LogP contribution in [0.2, 0.25) is 0 Å². The average molecular weight is 335 g/mol. The Hall–Kier alpha value is -2.86. The van der Waals surface area contributed by atoms with Crippen molar-refractivity contribution in [2.45, 2.75) is 0 Å². The first-order valence-corrected chi connectivity index (χ1v) is 8.32. The third-order valence-electron chi connectivity index (χ3n) is 4.18. The van der Waals surface area contributed by atoms with Gasteiger partial charge in [-0.15, -0.1) is 0 Å². The van der Waals surface area contributed by atoms with Gasteiger partial charge in [0, 0.05) is 44.0 Å². The van der Waals surface area contributed by atoms with Gasteiger partial charge >= 0.3 is 0 Å². The first-order chi connectivity index (χ1) is 12.3. The van der Waals surface area contributed by atoms with Crippen LogP contribution in [-0.4, -0.2) is 41.1 Å². The van der Waals surface area contributed by atoms with Gasteiger partial charge in [0.05, 0.1) is 11.4 Å². The average Bonchev–Trinajstić information content (AvgIpc) is 2.69. The molecule has 126 valence electrons. The highest BCUT2D eigenvalue weighted by Gasteiger charge is 2.16. The summed E-state index contributed by atoms with van der Waals surface area (Å²) in [6.45, 7) is 3.63. The molecule has 0 atom stereocenters. The fourth-order valence-corrected chi connectivity index (χ4v) is 2.86. The highest BCUT2D eigenvalue weighted by Crippen LogP contribution is 2.25. The van der Waals surface area contributed by atoms with Crippen molar-refractivity contribution in [2.75, 3.05) is 31.1 Å². The van der Waals surface area contributed by atoms with Crippen LogP contribution < -0.4 is 10.2 Å². The number of hydrogen-bond donors (Lipinski definition) is 1. The monoisotopic (exact) mass is 335 g/mol. The summed E-state index contributed by atoms with van der Waals surface area (Å²) < 4.78 is 13.3. The molecule has 0 saturated carbocycles. The summed E-state index contributed by atoms with van der Waals surface area (Å²) in [5, 5.41) is 3.34. The fraction of sp³-hybridized carbons (Fsp3) is 0.211. The highest BCUT2D eigenvalue weighted by molar-refractivity contribution is 5.65. The Labute approximate surface area is 145 Å². The van der Waals surface area contributed by atoms with Crippen molar-refractivity contribution in [2.24, 2.45) is 0 Å². The van der Waals surface area contributed by atoms with E-state index in [1.807, 2.05) is 24.3 Å². The van der Waals surface area contributed by atoms with Crippen molar-refractivity contribution in [1.29, 1.82) is 0 Å². The molecule has 4 rings (SSSR count). The van der Waals surface area contributed by atoms with E-state index in [0.29, 0.717) is 5.82 Å². The van der Waals surface area contributed by atoms with Crippen molar-refractivity contribution >= 4 is 5.82 Å². The lowest BCUT2D eigenvalue weighted by Gasteiger charge is -2.28. The van der Waals surface area contributed by atoms with Gasteiger partial charge in [-0.1, -0.05) is 6.07 Å². The summed E-state index contributed by atoms with van der Waals surface area (Å²) in [6, 6.07) is 14.0. The molecular formula is C19H18FN5. The van der Waals surface area contributed by atoms with Crippen LogP contribution in [0.4, 0.5) is 10.2 Å². The van der Waals surface area contributed by atoms with Crippen molar-refractivity contribution in [1.82, 2.24) is 20.3 Å². The Morgan fingerprint density at radius 1 is 0.920 bits per heavy atom. The van der Waals surface area contributed by atoms with E-state index in [-0.39, 0.29) is 5.82 Å². The second kappa shape index (κ2) is 6.94. The molecule has 0 bridgehead atoms. The van der Waals surface area contributed by atoms with Gasteiger partial charge in [0.2, 0.25) is 0 Å². The number of pyridine rings is 1. The van der Waals surface area contributed by atoms with E-state index in [1.165, 1.54) is 12.1 Å². The molecule has 25 heavy (non-hydrogen) atoms. The number of hydrogen-bond acceptors (Lipinski definition) is 5. The maximum Gasteiger partial charge on any atom is 0.162 e. The largest absolute Gasteiger partial charge is 0.354 e. The molecule has 1 aliphatic rings. The molecule has 5 nitrogen and oxygen atoms in total. The molecule has 1 aromatic carbocycles. The molecule has 0 radical (unpaired) electrons. The Bertz CT molecular complexity index is 845. The molecular weight excluding hydrogens is 317 g/mol. The number of halogens is 1. The lowest BCUT2D eigenvalue weighted by atomic mass is 10.2. The van der Waals surface area contributed by atoms with Crippen LogP contribution in [0.1, 0.15) is 0 Å².